The molecule has 0 radical (unpaired) electrons. The van der Waals surface area contributed by atoms with Gasteiger partial charge < -0.3 is 9.80 Å². The number of rotatable bonds is 4. The number of hydrogen-bond donors (Lipinski definition) is 0. The summed E-state index contributed by atoms with van der Waals surface area (Å²) in [6.45, 7) is 1.66. The van der Waals surface area contributed by atoms with Gasteiger partial charge >= 0.3 is 0 Å². The molecule has 3 heterocycles. The fourth-order valence-electron chi connectivity index (χ4n) is 6.51. The predicted octanol–water partition coefficient (Wildman–Crippen LogP) is 11.9. The molecular weight excluding hydrogens is 597 g/mol. The molecule has 0 aliphatic carbocycles. The third-order valence-electron chi connectivity index (χ3n) is 8.84. The van der Waals surface area contributed by atoms with Gasteiger partial charge in [0.25, 0.3) is 0 Å². The highest BCUT2D eigenvalue weighted by molar-refractivity contribution is 8.00. The summed E-state index contributed by atoms with van der Waals surface area (Å²) in [4.78, 5) is 10.1. The van der Waals surface area contributed by atoms with E-state index in [9.17, 15) is 0 Å². The molecule has 9 rings (SSSR count). The van der Waals surface area contributed by atoms with Gasteiger partial charge in [0.15, 0.2) is 0 Å². The van der Waals surface area contributed by atoms with E-state index in [1.807, 2.05) is 23.5 Å². The molecule has 4 heteroatoms. The summed E-state index contributed by atoms with van der Waals surface area (Å²) in [5.41, 5.74) is 12.5. The Morgan fingerprint density at radius 1 is 0.348 bits per heavy atom. The number of anilines is 4. The summed E-state index contributed by atoms with van der Waals surface area (Å²) >= 11 is 3.74. The van der Waals surface area contributed by atoms with Crippen LogP contribution in [0.25, 0.3) is 24.3 Å². The Bertz CT molecular complexity index is 1900. The Morgan fingerprint density at radius 3 is 0.957 bits per heavy atom. The van der Waals surface area contributed by atoms with Crippen LogP contribution >= 0.6 is 23.5 Å². The van der Waals surface area contributed by atoms with Gasteiger partial charge in [-0.25, -0.2) is 0 Å². The zero-order chi connectivity index (χ0) is 30.5. The van der Waals surface area contributed by atoms with E-state index in [1.165, 1.54) is 75.7 Å². The molecule has 0 amide bonds. The summed E-state index contributed by atoms with van der Waals surface area (Å²) in [5.74, 6) is 0. The van der Waals surface area contributed by atoms with Crippen LogP contribution in [0, 0.1) is 0 Å². The number of fused-ring (bicyclic) bond motifs is 4. The lowest BCUT2D eigenvalue weighted by atomic mass is 10.1. The Hall–Kier alpha value is -4.90. The highest BCUT2D eigenvalue weighted by Crippen LogP contribution is 2.51. The third kappa shape index (κ3) is 5.14. The second kappa shape index (κ2) is 11.5. The lowest BCUT2D eigenvalue weighted by Crippen LogP contribution is -2.20. The summed E-state index contributed by atoms with van der Waals surface area (Å²) in [6, 6.07) is 49.1. The standard InChI is InChI=1S/C42H30N2S2/c1-3-7-33(8-4-1)27-43-35-19-15-29-11-13-31-17-21-37-41(25-31)46-42-26-32(18-22-38(42)44(37)28-34-9-5-2-6-10-34)14-12-30-16-20-36(43)40(24-30)45-39(35)23-29/h1-26H,27-28H2. The molecule has 3 aliphatic heterocycles. The molecule has 6 aromatic carbocycles. The SMILES string of the molecule is C1=Cc2ccc3c(c2)Sc2cc(ccc2N3Cc2ccccc2)C=Cc2ccc3c(c2)Sc2cc1ccc2N3Cc1ccccc1. The molecule has 0 aromatic heterocycles. The Labute approximate surface area is 278 Å². The van der Waals surface area contributed by atoms with Crippen LogP contribution in [0.3, 0.4) is 0 Å². The van der Waals surface area contributed by atoms with Gasteiger partial charge in [0.05, 0.1) is 22.7 Å². The van der Waals surface area contributed by atoms with Crippen molar-refractivity contribution in [3.8, 4) is 0 Å². The molecule has 6 aromatic rings. The molecule has 46 heavy (non-hydrogen) atoms. The van der Waals surface area contributed by atoms with Crippen LogP contribution < -0.4 is 9.80 Å². The van der Waals surface area contributed by atoms with Crippen LogP contribution in [-0.4, -0.2) is 0 Å². The lowest BCUT2D eigenvalue weighted by molar-refractivity contribution is 0.937. The van der Waals surface area contributed by atoms with Crippen molar-refractivity contribution in [3.05, 3.63) is 167 Å². The first-order chi connectivity index (χ1) is 22.7. The maximum atomic E-state index is 2.47. The minimum Gasteiger partial charge on any atom is -0.335 e. The van der Waals surface area contributed by atoms with Gasteiger partial charge in [-0.05, 0) is 81.9 Å². The van der Waals surface area contributed by atoms with Crippen LogP contribution in [0.5, 0.6) is 0 Å². The summed E-state index contributed by atoms with van der Waals surface area (Å²) in [5, 5.41) is 0. The van der Waals surface area contributed by atoms with E-state index in [0.717, 1.165) is 13.1 Å². The van der Waals surface area contributed by atoms with Crippen LogP contribution in [0.2, 0.25) is 0 Å². The fourth-order valence-corrected chi connectivity index (χ4v) is 8.90. The molecular formula is C42H30N2S2. The summed E-state index contributed by atoms with van der Waals surface area (Å²) in [7, 11) is 0. The molecule has 0 saturated carbocycles. The molecule has 0 unspecified atom stereocenters. The molecule has 0 fully saturated rings. The van der Waals surface area contributed by atoms with Gasteiger partial charge in [-0.2, -0.15) is 0 Å². The molecule has 0 atom stereocenters. The minimum atomic E-state index is 0.828. The number of hydrogen-bond acceptors (Lipinski definition) is 4. The molecule has 2 nitrogen and oxygen atoms in total. The molecule has 0 saturated heterocycles. The highest BCUT2D eigenvalue weighted by atomic mass is 32.2. The largest absolute Gasteiger partial charge is 0.335 e. The monoisotopic (exact) mass is 626 g/mol. The zero-order valence-corrected chi connectivity index (χ0v) is 26.8. The average Bonchev–Trinajstić information content (AvgIpc) is 3.09. The van der Waals surface area contributed by atoms with E-state index in [0.29, 0.717) is 0 Å². The van der Waals surface area contributed by atoms with Crippen molar-refractivity contribution >= 4 is 70.6 Å². The Morgan fingerprint density at radius 2 is 0.652 bits per heavy atom. The highest BCUT2D eigenvalue weighted by Gasteiger charge is 2.26. The summed E-state index contributed by atoms with van der Waals surface area (Å²) in [6.07, 6.45) is 9.01. The van der Waals surface area contributed by atoms with Gasteiger partial charge in [-0.15, -0.1) is 0 Å². The lowest BCUT2D eigenvalue weighted by Gasteiger charge is -2.33. The number of nitrogens with zero attached hydrogens (tertiary/aromatic N) is 2. The molecule has 0 spiro atoms. The van der Waals surface area contributed by atoms with E-state index >= 15 is 0 Å². The van der Waals surface area contributed by atoms with Crippen molar-refractivity contribution in [2.24, 2.45) is 0 Å². The van der Waals surface area contributed by atoms with Crippen molar-refractivity contribution in [3.63, 3.8) is 0 Å². The minimum absolute atomic E-state index is 0.828. The first kappa shape index (κ1) is 27.4. The van der Waals surface area contributed by atoms with Crippen LogP contribution in [-0.2, 0) is 13.1 Å². The average molecular weight is 627 g/mol. The topological polar surface area (TPSA) is 6.48 Å². The Kier molecular flexibility index (Phi) is 6.84. The summed E-state index contributed by atoms with van der Waals surface area (Å²) < 4.78 is 0. The molecule has 8 bridgehead atoms. The second-order valence-electron chi connectivity index (χ2n) is 11.9. The van der Waals surface area contributed by atoms with Crippen molar-refractivity contribution in [2.45, 2.75) is 32.7 Å². The van der Waals surface area contributed by atoms with Crippen molar-refractivity contribution < 1.29 is 0 Å². The maximum absolute atomic E-state index is 2.47. The van der Waals surface area contributed by atoms with E-state index in [2.05, 4.69) is 168 Å². The van der Waals surface area contributed by atoms with Crippen molar-refractivity contribution in [2.75, 3.05) is 9.80 Å². The maximum Gasteiger partial charge on any atom is 0.0556 e. The number of benzene rings is 6. The van der Waals surface area contributed by atoms with Crippen LogP contribution in [0.1, 0.15) is 33.4 Å². The Balaban J connectivity index is 1.17. The zero-order valence-electron chi connectivity index (χ0n) is 25.1. The van der Waals surface area contributed by atoms with Gasteiger partial charge in [0.2, 0.25) is 0 Å². The molecule has 220 valence electrons. The van der Waals surface area contributed by atoms with Gasteiger partial charge in [-0.3, -0.25) is 0 Å². The smallest absolute Gasteiger partial charge is 0.0556 e. The van der Waals surface area contributed by atoms with E-state index in [1.54, 1.807) is 0 Å². The van der Waals surface area contributed by atoms with E-state index in [-0.39, 0.29) is 0 Å². The first-order valence-electron chi connectivity index (χ1n) is 15.6. The van der Waals surface area contributed by atoms with Crippen molar-refractivity contribution in [1.29, 1.82) is 0 Å². The molecule has 0 N–H and O–H groups in total. The van der Waals surface area contributed by atoms with Gasteiger partial charge in [0, 0.05) is 32.7 Å². The second-order valence-corrected chi connectivity index (χ2v) is 14.1. The van der Waals surface area contributed by atoms with Crippen molar-refractivity contribution in [1.82, 2.24) is 0 Å². The van der Waals surface area contributed by atoms with Crippen LogP contribution in [0.4, 0.5) is 22.7 Å². The van der Waals surface area contributed by atoms with Gasteiger partial charge in [-0.1, -0.05) is 133 Å². The van der Waals surface area contributed by atoms with E-state index in [4.69, 9.17) is 0 Å². The normalized spacial score (nSPS) is 13.8. The van der Waals surface area contributed by atoms with E-state index < -0.39 is 0 Å². The molecule has 3 aliphatic rings. The van der Waals surface area contributed by atoms with Gasteiger partial charge in [0.1, 0.15) is 0 Å². The predicted molar refractivity (Wildman–Crippen MR) is 196 cm³/mol. The fraction of sp³-hybridized carbons (Fsp3) is 0.0476. The quantitative estimate of drug-likeness (QED) is 0.192. The van der Waals surface area contributed by atoms with Crippen LogP contribution in [0.15, 0.2) is 153 Å². The third-order valence-corrected chi connectivity index (χ3v) is 11.0. The first-order valence-corrected chi connectivity index (χ1v) is 17.3.